The van der Waals surface area contributed by atoms with Crippen molar-refractivity contribution >= 4 is 17.6 Å². The number of non-ortho nitro benzene ring substituents is 1. The third-order valence-corrected chi connectivity index (χ3v) is 2.85. The molecule has 2 N–H and O–H groups in total. The van der Waals surface area contributed by atoms with Crippen LogP contribution in [0.2, 0.25) is 0 Å². The molecule has 108 valence electrons. The van der Waals surface area contributed by atoms with Crippen LogP contribution in [0.1, 0.15) is 35.7 Å². The van der Waals surface area contributed by atoms with Crippen LogP contribution in [0.5, 0.6) is 0 Å². The smallest absolute Gasteiger partial charge is 0.326 e. The zero-order valence-corrected chi connectivity index (χ0v) is 11.3. The first-order valence-electron chi connectivity index (χ1n) is 6.15. The Bertz CT molecular complexity index is 542. The number of nitrogens with zero attached hydrogens (tertiary/aromatic N) is 1. The van der Waals surface area contributed by atoms with E-state index in [-0.39, 0.29) is 11.3 Å². The normalized spacial score (nSPS) is 11.7. The quantitative estimate of drug-likeness (QED) is 0.610. The van der Waals surface area contributed by atoms with Gasteiger partial charge in [0.1, 0.15) is 6.04 Å². The maximum absolute atomic E-state index is 12.0. The fraction of sp³-hybridized carbons (Fsp3) is 0.385. The van der Waals surface area contributed by atoms with Gasteiger partial charge in [0.25, 0.3) is 11.6 Å². The van der Waals surface area contributed by atoms with Crippen molar-refractivity contribution in [2.45, 2.75) is 32.7 Å². The summed E-state index contributed by atoms with van der Waals surface area (Å²) < 4.78 is 0. The third kappa shape index (κ3) is 3.78. The molecule has 7 nitrogen and oxygen atoms in total. The van der Waals surface area contributed by atoms with Crippen LogP contribution in [0.3, 0.4) is 0 Å². The number of carbonyl (C=O) groups excluding carboxylic acids is 1. The van der Waals surface area contributed by atoms with E-state index in [4.69, 9.17) is 5.11 Å². The maximum Gasteiger partial charge on any atom is 0.326 e. The Morgan fingerprint density at radius 1 is 1.45 bits per heavy atom. The van der Waals surface area contributed by atoms with Crippen molar-refractivity contribution in [2.75, 3.05) is 0 Å². The Morgan fingerprint density at radius 3 is 2.55 bits per heavy atom. The van der Waals surface area contributed by atoms with E-state index in [9.17, 15) is 19.7 Å². The van der Waals surface area contributed by atoms with Crippen LogP contribution in [0.25, 0.3) is 0 Å². The standard InChI is InChI=1S/C13H16N2O5/c1-3-4-11(13(17)18)14-12(16)10-6-5-9(15(19)20)7-8(10)2/h5-7,11H,3-4H2,1-2H3,(H,14,16)(H,17,18). The highest BCUT2D eigenvalue weighted by Crippen LogP contribution is 2.17. The molecule has 0 spiro atoms. The minimum atomic E-state index is -1.10. The second-order valence-electron chi connectivity index (χ2n) is 4.41. The number of hydrogen-bond acceptors (Lipinski definition) is 4. The minimum Gasteiger partial charge on any atom is -0.480 e. The summed E-state index contributed by atoms with van der Waals surface area (Å²) in [5, 5.41) is 22.0. The average molecular weight is 280 g/mol. The fourth-order valence-corrected chi connectivity index (χ4v) is 1.80. The molecule has 7 heteroatoms. The molecule has 1 aromatic rings. The van der Waals surface area contributed by atoms with Crippen LogP contribution in [0.15, 0.2) is 18.2 Å². The molecular weight excluding hydrogens is 264 g/mol. The van der Waals surface area contributed by atoms with Crippen LogP contribution < -0.4 is 5.32 Å². The monoisotopic (exact) mass is 280 g/mol. The van der Waals surface area contributed by atoms with Gasteiger partial charge in [0.05, 0.1) is 4.92 Å². The van der Waals surface area contributed by atoms with E-state index in [0.717, 1.165) is 0 Å². The second kappa shape index (κ2) is 6.65. The van der Waals surface area contributed by atoms with Gasteiger partial charge < -0.3 is 10.4 Å². The summed E-state index contributed by atoms with van der Waals surface area (Å²) in [7, 11) is 0. The lowest BCUT2D eigenvalue weighted by atomic mass is 10.1. The van der Waals surface area contributed by atoms with Gasteiger partial charge in [0.15, 0.2) is 0 Å². The lowest BCUT2D eigenvalue weighted by Gasteiger charge is -2.14. The third-order valence-electron chi connectivity index (χ3n) is 2.85. The van der Waals surface area contributed by atoms with Crippen molar-refractivity contribution in [1.29, 1.82) is 0 Å². The summed E-state index contributed by atoms with van der Waals surface area (Å²) in [6.45, 7) is 3.39. The zero-order chi connectivity index (χ0) is 15.3. The van der Waals surface area contributed by atoms with Crippen molar-refractivity contribution in [3.8, 4) is 0 Å². The van der Waals surface area contributed by atoms with E-state index in [1.165, 1.54) is 18.2 Å². The van der Waals surface area contributed by atoms with Gasteiger partial charge in [-0.25, -0.2) is 4.79 Å². The molecule has 1 amide bonds. The summed E-state index contributed by atoms with van der Waals surface area (Å²) in [6, 6.07) is 2.87. The van der Waals surface area contributed by atoms with Gasteiger partial charge in [-0.1, -0.05) is 13.3 Å². The van der Waals surface area contributed by atoms with Crippen LogP contribution in [0, 0.1) is 17.0 Å². The Kier molecular flexibility index (Phi) is 5.19. The van der Waals surface area contributed by atoms with Crippen LogP contribution >= 0.6 is 0 Å². The van der Waals surface area contributed by atoms with Crippen LogP contribution in [-0.2, 0) is 4.79 Å². The molecule has 1 unspecified atom stereocenters. The highest BCUT2D eigenvalue weighted by Gasteiger charge is 2.21. The largest absolute Gasteiger partial charge is 0.480 e. The molecule has 0 radical (unpaired) electrons. The number of aliphatic carboxylic acids is 1. The van der Waals surface area contributed by atoms with Gasteiger partial charge in [0.2, 0.25) is 0 Å². The molecule has 20 heavy (non-hydrogen) atoms. The number of hydrogen-bond donors (Lipinski definition) is 2. The van der Waals surface area contributed by atoms with Gasteiger partial charge in [-0.2, -0.15) is 0 Å². The van der Waals surface area contributed by atoms with Gasteiger partial charge in [-0.15, -0.1) is 0 Å². The number of nitro groups is 1. The van der Waals surface area contributed by atoms with Gasteiger partial charge >= 0.3 is 5.97 Å². The molecular formula is C13H16N2O5. The molecule has 0 aliphatic carbocycles. The highest BCUT2D eigenvalue weighted by molar-refractivity contribution is 5.98. The number of carboxylic acids is 1. The van der Waals surface area contributed by atoms with E-state index in [0.29, 0.717) is 18.4 Å². The average Bonchev–Trinajstić information content (AvgIpc) is 2.37. The van der Waals surface area contributed by atoms with E-state index >= 15 is 0 Å². The predicted octanol–water partition coefficient (Wildman–Crippen LogP) is 1.89. The Balaban J connectivity index is 2.92. The molecule has 0 bridgehead atoms. The lowest BCUT2D eigenvalue weighted by Crippen LogP contribution is -2.40. The number of carbonyl (C=O) groups is 2. The van der Waals surface area contributed by atoms with Crippen molar-refractivity contribution in [2.24, 2.45) is 0 Å². The Hall–Kier alpha value is -2.44. The number of carboxylic acid groups (broad SMARTS) is 1. The van der Waals surface area contributed by atoms with E-state index < -0.39 is 22.8 Å². The molecule has 1 aromatic carbocycles. The SMILES string of the molecule is CCCC(NC(=O)c1ccc([N+](=O)[O-])cc1C)C(=O)O. The number of benzene rings is 1. The number of nitro benzene ring substituents is 1. The number of aryl methyl sites for hydroxylation is 1. The summed E-state index contributed by atoms with van der Waals surface area (Å²) in [5.41, 5.74) is 0.553. The molecule has 0 heterocycles. The molecule has 0 aliphatic rings. The topological polar surface area (TPSA) is 110 Å². The summed E-state index contributed by atoms with van der Waals surface area (Å²) in [5.74, 6) is -1.64. The van der Waals surface area contributed by atoms with Crippen molar-refractivity contribution in [3.63, 3.8) is 0 Å². The van der Waals surface area contributed by atoms with E-state index in [2.05, 4.69) is 5.32 Å². The van der Waals surface area contributed by atoms with Gasteiger partial charge in [0, 0.05) is 17.7 Å². The molecule has 0 fully saturated rings. The fourth-order valence-electron chi connectivity index (χ4n) is 1.80. The summed E-state index contributed by atoms with van der Waals surface area (Å²) >= 11 is 0. The molecule has 1 rings (SSSR count). The first-order valence-corrected chi connectivity index (χ1v) is 6.15. The van der Waals surface area contributed by atoms with E-state index in [1.807, 2.05) is 6.92 Å². The zero-order valence-electron chi connectivity index (χ0n) is 11.3. The number of amides is 1. The number of rotatable bonds is 6. The molecule has 1 atom stereocenters. The minimum absolute atomic E-state index is 0.109. The Labute approximate surface area is 115 Å². The molecule has 0 saturated heterocycles. The van der Waals surface area contributed by atoms with Crippen LogP contribution in [-0.4, -0.2) is 27.9 Å². The first-order chi connectivity index (χ1) is 9.36. The maximum atomic E-state index is 12.0. The molecule has 0 aromatic heterocycles. The predicted molar refractivity (Wildman–Crippen MR) is 71.6 cm³/mol. The van der Waals surface area contributed by atoms with Crippen LogP contribution in [0.4, 0.5) is 5.69 Å². The highest BCUT2D eigenvalue weighted by atomic mass is 16.6. The van der Waals surface area contributed by atoms with Gasteiger partial charge in [-0.05, 0) is 25.0 Å². The number of nitrogens with one attached hydrogen (secondary N) is 1. The summed E-state index contributed by atoms with van der Waals surface area (Å²) in [4.78, 5) is 33.0. The second-order valence-corrected chi connectivity index (χ2v) is 4.41. The van der Waals surface area contributed by atoms with Crippen molar-refractivity contribution < 1.29 is 19.6 Å². The molecule has 0 aliphatic heterocycles. The summed E-state index contributed by atoms with van der Waals surface area (Å²) in [6.07, 6.45) is 0.948. The van der Waals surface area contributed by atoms with Crippen molar-refractivity contribution in [3.05, 3.63) is 39.4 Å². The Morgan fingerprint density at radius 2 is 2.10 bits per heavy atom. The van der Waals surface area contributed by atoms with Crippen molar-refractivity contribution in [1.82, 2.24) is 5.32 Å². The molecule has 0 saturated carbocycles. The van der Waals surface area contributed by atoms with Gasteiger partial charge in [-0.3, -0.25) is 14.9 Å². The first kappa shape index (κ1) is 15.6. The van der Waals surface area contributed by atoms with E-state index in [1.54, 1.807) is 6.92 Å². The lowest BCUT2D eigenvalue weighted by molar-refractivity contribution is -0.384.